The summed E-state index contributed by atoms with van der Waals surface area (Å²) in [5.74, 6) is -1.15. The highest BCUT2D eigenvalue weighted by atomic mass is 16.5. The zero-order chi connectivity index (χ0) is 19.1. The summed E-state index contributed by atoms with van der Waals surface area (Å²) in [6, 6.07) is 15.2. The molecular formula is C20H21NO5. The van der Waals surface area contributed by atoms with Gasteiger partial charge < -0.3 is 14.7 Å². The Morgan fingerprint density at radius 3 is 2.08 bits per heavy atom. The Bertz CT molecular complexity index is 769. The molecule has 0 saturated heterocycles. The molecule has 0 radical (unpaired) electrons. The number of ketones is 1. The summed E-state index contributed by atoms with van der Waals surface area (Å²) in [5.41, 5.74) is 1.11. The number of nitrogens with zero attached hydrogens (tertiary/aromatic N) is 1. The van der Waals surface area contributed by atoms with Gasteiger partial charge in [0, 0.05) is 17.2 Å². The predicted octanol–water partition coefficient (Wildman–Crippen LogP) is 2.62. The minimum Gasteiger partial charge on any atom is -0.484 e. The minimum absolute atomic E-state index is 0.0966. The number of aliphatic carboxylic acids is 1. The Kier molecular flexibility index (Phi) is 6.49. The second kappa shape index (κ2) is 8.80. The highest BCUT2D eigenvalue weighted by Crippen LogP contribution is 2.16. The number of ether oxygens (including phenoxy) is 1. The van der Waals surface area contributed by atoms with Crippen molar-refractivity contribution >= 4 is 17.7 Å². The monoisotopic (exact) mass is 355 g/mol. The number of carbonyl (C=O) groups is 3. The molecule has 0 aliphatic carbocycles. The summed E-state index contributed by atoms with van der Waals surface area (Å²) in [4.78, 5) is 36.5. The Morgan fingerprint density at radius 1 is 0.962 bits per heavy atom. The fraction of sp³-hybridized carbons (Fsp3) is 0.250. The van der Waals surface area contributed by atoms with Gasteiger partial charge in [-0.15, -0.1) is 0 Å². The van der Waals surface area contributed by atoms with Crippen LogP contribution >= 0.6 is 0 Å². The van der Waals surface area contributed by atoms with E-state index in [1.54, 1.807) is 62.4 Å². The van der Waals surface area contributed by atoms with Crippen LogP contribution in [-0.2, 0) is 9.59 Å². The molecule has 6 nitrogen and oxygen atoms in total. The van der Waals surface area contributed by atoms with Gasteiger partial charge in [0.2, 0.25) is 0 Å². The molecule has 136 valence electrons. The molecule has 0 saturated carbocycles. The molecule has 1 amide bonds. The molecule has 26 heavy (non-hydrogen) atoms. The maximum Gasteiger partial charge on any atom is 0.323 e. The summed E-state index contributed by atoms with van der Waals surface area (Å²) < 4.78 is 5.43. The third-order valence-electron chi connectivity index (χ3n) is 3.76. The Labute approximate surface area is 152 Å². The van der Waals surface area contributed by atoms with Crippen LogP contribution in [-0.4, -0.2) is 46.9 Å². The van der Waals surface area contributed by atoms with Crippen molar-refractivity contribution in [3.05, 3.63) is 65.7 Å². The topological polar surface area (TPSA) is 83.9 Å². The van der Waals surface area contributed by atoms with Gasteiger partial charge in [-0.05, 0) is 38.1 Å². The van der Waals surface area contributed by atoms with Crippen LogP contribution in [0.1, 0.15) is 29.8 Å². The lowest BCUT2D eigenvalue weighted by Gasteiger charge is -2.24. The van der Waals surface area contributed by atoms with Crippen LogP contribution in [0.5, 0.6) is 5.75 Å². The summed E-state index contributed by atoms with van der Waals surface area (Å²) in [5, 5.41) is 8.88. The molecule has 0 unspecified atom stereocenters. The smallest absolute Gasteiger partial charge is 0.323 e. The zero-order valence-electron chi connectivity index (χ0n) is 14.7. The van der Waals surface area contributed by atoms with Crippen molar-refractivity contribution in [1.29, 1.82) is 0 Å². The lowest BCUT2D eigenvalue weighted by atomic mass is 10.0. The van der Waals surface area contributed by atoms with E-state index in [4.69, 9.17) is 9.84 Å². The number of benzene rings is 2. The summed E-state index contributed by atoms with van der Waals surface area (Å²) in [6.45, 7) is 2.84. The second-order valence-electron chi connectivity index (χ2n) is 6.02. The van der Waals surface area contributed by atoms with Crippen molar-refractivity contribution < 1.29 is 24.2 Å². The molecule has 2 rings (SSSR count). The van der Waals surface area contributed by atoms with Gasteiger partial charge in [0.15, 0.2) is 12.4 Å². The quantitative estimate of drug-likeness (QED) is 0.736. The first-order valence-electron chi connectivity index (χ1n) is 8.22. The number of amides is 1. The van der Waals surface area contributed by atoms with Crippen LogP contribution in [0.2, 0.25) is 0 Å². The van der Waals surface area contributed by atoms with E-state index in [1.165, 1.54) is 4.90 Å². The van der Waals surface area contributed by atoms with Crippen molar-refractivity contribution in [1.82, 2.24) is 4.90 Å². The highest BCUT2D eigenvalue weighted by Gasteiger charge is 2.20. The molecule has 2 aromatic rings. The maximum absolute atomic E-state index is 12.3. The van der Waals surface area contributed by atoms with Gasteiger partial charge in [-0.25, -0.2) is 0 Å². The van der Waals surface area contributed by atoms with Crippen LogP contribution in [0.15, 0.2) is 54.6 Å². The van der Waals surface area contributed by atoms with Gasteiger partial charge in [0.05, 0.1) is 0 Å². The van der Waals surface area contributed by atoms with E-state index in [2.05, 4.69) is 0 Å². The molecule has 0 spiro atoms. The van der Waals surface area contributed by atoms with E-state index in [9.17, 15) is 14.4 Å². The molecule has 2 aromatic carbocycles. The average Bonchev–Trinajstić information content (AvgIpc) is 2.64. The summed E-state index contributed by atoms with van der Waals surface area (Å²) in [6.07, 6.45) is 0. The largest absolute Gasteiger partial charge is 0.484 e. The second-order valence-corrected chi connectivity index (χ2v) is 6.02. The minimum atomic E-state index is -1.07. The highest BCUT2D eigenvalue weighted by molar-refractivity contribution is 6.08. The van der Waals surface area contributed by atoms with Crippen molar-refractivity contribution in [3.63, 3.8) is 0 Å². The number of carboxylic acids is 1. The van der Waals surface area contributed by atoms with Gasteiger partial charge in [0.25, 0.3) is 5.91 Å². The Morgan fingerprint density at radius 2 is 1.54 bits per heavy atom. The lowest BCUT2D eigenvalue weighted by Crippen LogP contribution is -2.43. The standard InChI is InChI=1S/C20H21NO5/c1-14(2)21(12-19(23)24)18(22)13-26-17-10-8-16(9-11-17)20(25)15-6-4-3-5-7-15/h3-11,14H,12-13H2,1-2H3,(H,23,24). The molecule has 6 heteroatoms. The Hall–Kier alpha value is -3.15. The Balaban J connectivity index is 1.97. The van der Waals surface area contributed by atoms with Crippen LogP contribution in [0.4, 0.5) is 0 Å². The normalized spacial score (nSPS) is 10.4. The van der Waals surface area contributed by atoms with Gasteiger partial charge >= 0.3 is 5.97 Å². The number of carbonyl (C=O) groups excluding carboxylic acids is 2. The lowest BCUT2D eigenvalue weighted by molar-refractivity contribution is -0.146. The molecule has 0 aliphatic rings. The van der Waals surface area contributed by atoms with Crippen molar-refractivity contribution in [2.45, 2.75) is 19.9 Å². The summed E-state index contributed by atoms with van der Waals surface area (Å²) in [7, 11) is 0. The van der Waals surface area contributed by atoms with Gasteiger partial charge in [-0.1, -0.05) is 30.3 Å². The molecule has 0 aliphatic heterocycles. The van der Waals surface area contributed by atoms with Crippen molar-refractivity contribution in [2.75, 3.05) is 13.2 Å². The van der Waals surface area contributed by atoms with Gasteiger partial charge in [0.1, 0.15) is 12.3 Å². The first-order valence-corrected chi connectivity index (χ1v) is 8.22. The molecule has 1 N–H and O–H groups in total. The molecule has 0 bridgehead atoms. The molecule has 0 fully saturated rings. The first kappa shape index (κ1) is 19.2. The third kappa shape index (κ3) is 5.17. The van der Waals surface area contributed by atoms with Crippen LogP contribution in [0.3, 0.4) is 0 Å². The zero-order valence-corrected chi connectivity index (χ0v) is 14.7. The first-order chi connectivity index (χ1) is 12.4. The predicted molar refractivity (Wildman–Crippen MR) is 96.3 cm³/mol. The SMILES string of the molecule is CC(C)N(CC(=O)O)C(=O)COc1ccc(C(=O)c2ccccc2)cc1. The van der Waals surface area contributed by atoms with E-state index >= 15 is 0 Å². The van der Waals surface area contributed by atoms with Crippen LogP contribution < -0.4 is 4.74 Å². The van der Waals surface area contributed by atoms with Crippen LogP contribution in [0, 0.1) is 0 Å². The maximum atomic E-state index is 12.3. The van der Waals surface area contributed by atoms with E-state index in [1.807, 2.05) is 6.07 Å². The number of hydrogen-bond donors (Lipinski definition) is 1. The van der Waals surface area contributed by atoms with Gasteiger partial charge in [-0.2, -0.15) is 0 Å². The van der Waals surface area contributed by atoms with Crippen molar-refractivity contribution in [3.8, 4) is 5.75 Å². The molecule has 0 aromatic heterocycles. The fourth-order valence-corrected chi connectivity index (χ4v) is 2.39. The van der Waals surface area contributed by atoms with Crippen molar-refractivity contribution in [2.24, 2.45) is 0 Å². The molecule has 0 atom stereocenters. The van der Waals surface area contributed by atoms with Crippen LogP contribution in [0.25, 0.3) is 0 Å². The van der Waals surface area contributed by atoms with E-state index in [-0.39, 0.29) is 25.0 Å². The fourth-order valence-electron chi connectivity index (χ4n) is 2.39. The van der Waals surface area contributed by atoms with Gasteiger partial charge in [-0.3, -0.25) is 14.4 Å². The number of hydrogen-bond acceptors (Lipinski definition) is 4. The third-order valence-corrected chi connectivity index (χ3v) is 3.76. The van der Waals surface area contributed by atoms with E-state index in [0.29, 0.717) is 16.9 Å². The van der Waals surface area contributed by atoms with E-state index < -0.39 is 11.9 Å². The molecule has 0 heterocycles. The average molecular weight is 355 g/mol. The number of carboxylic acid groups (broad SMARTS) is 1. The molecular weight excluding hydrogens is 334 g/mol. The number of rotatable bonds is 8. The summed E-state index contributed by atoms with van der Waals surface area (Å²) >= 11 is 0. The van der Waals surface area contributed by atoms with E-state index in [0.717, 1.165) is 0 Å².